The second-order valence-corrected chi connectivity index (χ2v) is 6.50. The predicted octanol–water partition coefficient (Wildman–Crippen LogP) is 6.66. The summed E-state index contributed by atoms with van der Waals surface area (Å²) < 4.78 is 4.92. The van der Waals surface area contributed by atoms with Crippen molar-refractivity contribution >= 4 is 43.7 Å². The van der Waals surface area contributed by atoms with Crippen molar-refractivity contribution in [3.05, 3.63) is 0 Å². The van der Waals surface area contributed by atoms with Gasteiger partial charge in [-0.05, 0) is 13.3 Å². The largest absolute Gasteiger partial charge is 2.00 e. The zero-order valence-corrected chi connectivity index (χ0v) is 18.3. The number of carbonyl (C=O) groups is 1. The van der Waals surface area contributed by atoms with Gasteiger partial charge in [0.1, 0.15) is 0 Å². The van der Waals surface area contributed by atoms with Crippen LogP contribution in [0.1, 0.15) is 119 Å². The van der Waals surface area contributed by atoms with Gasteiger partial charge in [0, 0.05) is 6.42 Å². The Morgan fingerprint density at radius 3 is 1.35 bits per heavy atom. The first-order valence-corrected chi connectivity index (χ1v) is 9.96. The van der Waals surface area contributed by atoms with Crippen molar-refractivity contribution in [3.63, 3.8) is 0 Å². The van der Waals surface area contributed by atoms with Crippen molar-refractivity contribution in [1.29, 1.82) is 0 Å². The van der Waals surface area contributed by atoms with Crippen LogP contribution in [0.2, 0.25) is 0 Å². The molecule has 0 spiro atoms. The fraction of sp³-hybridized carbons (Fsp3) is 0.950. The molecule has 0 saturated carbocycles. The molecule has 0 amide bonds. The van der Waals surface area contributed by atoms with Gasteiger partial charge < -0.3 is 7.59 Å². The third kappa shape index (κ3) is 22.7. The standard InChI is InChI=1S/C20H40O2.Ca.2H/c1-3-5-6-7-8-9-10-11-12-13-14-15-16-17-18-19-20(21)22-4-2;;;/h3-19H2,1-2H3;;;/q;+2;2*-1. The number of carbonyl (C=O) groups excluding carboxylic acids is 1. The molecule has 0 bridgehead atoms. The summed E-state index contributed by atoms with van der Waals surface area (Å²) in [6.45, 7) is 4.66. The van der Waals surface area contributed by atoms with Crippen molar-refractivity contribution in [2.75, 3.05) is 6.61 Å². The van der Waals surface area contributed by atoms with E-state index in [1.165, 1.54) is 89.9 Å². The van der Waals surface area contributed by atoms with Gasteiger partial charge >= 0.3 is 43.7 Å². The number of hydrogen-bond acceptors (Lipinski definition) is 2. The minimum Gasteiger partial charge on any atom is -1.00 e. The molecular formula is C20H42CaO2. The molecule has 0 radical (unpaired) electrons. The van der Waals surface area contributed by atoms with E-state index in [9.17, 15) is 4.79 Å². The van der Waals surface area contributed by atoms with Crippen LogP contribution in [-0.4, -0.2) is 50.3 Å². The first kappa shape index (κ1) is 26.0. The quantitative estimate of drug-likeness (QED) is 0.166. The molecule has 2 nitrogen and oxygen atoms in total. The third-order valence-electron chi connectivity index (χ3n) is 4.29. The molecule has 0 fully saturated rings. The van der Waals surface area contributed by atoms with Gasteiger partial charge in [0.2, 0.25) is 0 Å². The Morgan fingerprint density at radius 2 is 1.00 bits per heavy atom. The maximum absolute atomic E-state index is 11.2. The Balaban J connectivity index is -0.000000735. The second kappa shape index (κ2) is 22.7. The van der Waals surface area contributed by atoms with E-state index < -0.39 is 0 Å². The Labute approximate surface area is 178 Å². The molecule has 0 aromatic carbocycles. The molecular weight excluding hydrogens is 312 g/mol. The van der Waals surface area contributed by atoms with Crippen molar-refractivity contribution in [1.82, 2.24) is 0 Å². The van der Waals surface area contributed by atoms with Crippen LogP contribution in [0.4, 0.5) is 0 Å². The Bertz CT molecular complexity index is 242. The van der Waals surface area contributed by atoms with Gasteiger partial charge in [-0.2, -0.15) is 0 Å². The van der Waals surface area contributed by atoms with Crippen molar-refractivity contribution in [2.45, 2.75) is 117 Å². The number of hydrogen-bond donors (Lipinski definition) is 0. The maximum atomic E-state index is 11.2. The van der Waals surface area contributed by atoms with Crippen LogP contribution < -0.4 is 0 Å². The van der Waals surface area contributed by atoms with Gasteiger partial charge in [0.25, 0.3) is 0 Å². The molecule has 136 valence electrons. The molecule has 0 saturated heterocycles. The number of esters is 1. The number of rotatable bonds is 17. The fourth-order valence-corrected chi connectivity index (χ4v) is 2.87. The minimum absolute atomic E-state index is 0. The van der Waals surface area contributed by atoms with Gasteiger partial charge in [-0.3, -0.25) is 4.79 Å². The molecule has 0 unspecified atom stereocenters. The average Bonchev–Trinajstić information content (AvgIpc) is 2.51. The van der Waals surface area contributed by atoms with Crippen molar-refractivity contribution in [3.8, 4) is 0 Å². The van der Waals surface area contributed by atoms with E-state index in [0.717, 1.165) is 6.42 Å². The molecule has 0 aromatic rings. The molecule has 0 heterocycles. The summed E-state index contributed by atoms with van der Waals surface area (Å²) in [7, 11) is 0. The number of ether oxygens (including phenoxy) is 1. The predicted molar refractivity (Wildman–Crippen MR) is 104 cm³/mol. The average molecular weight is 355 g/mol. The molecule has 23 heavy (non-hydrogen) atoms. The zero-order chi connectivity index (χ0) is 16.3. The summed E-state index contributed by atoms with van der Waals surface area (Å²) in [5, 5.41) is 0. The molecule has 0 N–H and O–H groups in total. The van der Waals surface area contributed by atoms with Gasteiger partial charge in [0.15, 0.2) is 0 Å². The summed E-state index contributed by atoms with van der Waals surface area (Å²) in [4.78, 5) is 11.2. The first-order valence-electron chi connectivity index (χ1n) is 9.96. The van der Waals surface area contributed by atoms with Crippen LogP contribution in [0.25, 0.3) is 0 Å². The smallest absolute Gasteiger partial charge is 1.00 e. The van der Waals surface area contributed by atoms with Gasteiger partial charge in [-0.1, -0.05) is 96.8 Å². The van der Waals surface area contributed by atoms with Crippen LogP contribution >= 0.6 is 0 Å². The first-order chi connectivity index (χ1) is 10.8. The van der Waals surface area contributed by atoms with Crippen LogP contribution in [-0.2, 0) is 9.53 Å². The van der Waals surface area contributed by atoms with E-state index >= 15 is 0 Å². The fourth-order valence-electron chi connectivity index (χ4n) is 2.87. The third-order valence-corrected chi connectivity index (χ3v) is 4.29. The van der Waals surface area contributed by atoms with E-state index in [0.29, 0.717) is 13.0 Å². The Morgan fingerprint density at radius 1 is 0.652 bits per heavy atom. The van der Waals surface area contributed by atoms with Crippen LogP contribution in [0, 0.1) is 0 Å². The SMILES string of the molecule is CCCCCCCCCCCCCCCCCC(=O)OCC.[Ca+2].[H-].[H-]. The van der Waals surface area contributed by atoms with Gasteiger partial charge in [-0.25, -0.2) is 0 Å². The monoisotopic (exact) mass is 354 g/mol. The number of unbranched alkanes of at least 4 members (excludes halogenated alkanes) is 14. The minimum atomic E-state index is -0.0304. The van der Waals surface area contributed by atoms with Crippen LogP contribution in [0.3, 0.4) is 0 Å². The van der Waals surface area contributed by atoms with Crippen LogP contribution in [0.5, 0.6) is 0 Å². The summed E-state index contributed by atoms with van der Waals surface area (Å²) in [5.74, 6) is -0.0304. The second-order valence-electron chi connectivity index (χ2n) is 6.50. The summed E-state index contributed by atoms with van der Waals surface area (Å²) in [6, 6.07) is 0. The van der Waals surface area contributed by atoms with Crippen molar-refractivity contribution < 1.29 is 12.4 Å². The topological polar surface area (TPSA) is 26.3 Å². The van der Waals surface area contributed by atoms with E-state index in [2.05, 4.69) is 6.92 Å². The van der Waals surface area contributed by atoms with Gasteiger partial charge in [-0.15, -0.1) is 0 Å². The molecule has 0 atom stereocenters. The van der Waals surface area contributed by atoms with Crippen molar-refractivity contribution in [2.24, 2.45) is 0 Å². The van der Waals surface area contributed by atoms with E-state index in [4.69, 9.17) is 4.74 Å². The summed E-state index contributed by atoms with van der Waals surface area (Å²) >= 11 is 0. The van der Waals surface area contributed by atoms with E-state index in [-0.39, 0.29) is 46.6 Å². The van der Waals surface area contributed by atoms with E-state index in [1.807, 2.05) is 6.92 Å². The van der Waals surface area contributed by atoms with Gasteiger partial charge in [0.05, 0.1) is 6.61 Å². The zero-order valence-electron chi connectivity index (χ0n) is 18.0. The maximum Gasteiger partial charge on any atom is 2.00 e. The normalized spacial score (nSPS) is 10.3. The molecule has 0 aliphatic carbocycles. The molecule has 3 heteroatoms. The van der Waals surface area contributed by atoms with Crippen LogP contribution in [0.15, 0.2) is 0 Å². The molecule has 0 aliphatic heterocycles. The molecule has 0 rings (SSSR count). The summed E-state index contributed by atoms with van der Waals surface area (Å²) in [6.07, 6.45) is 21.0. The molecule has 0 aromatic heterocycles. The Hall–Kier alpha value is 0.730. The summed E-state index contributed by atoms with van der Waals surface area (Å²) in [5.41, 5.74) is 0. The Kier molecular flexibility index (Phi) is 25.7. The molecule has 0 aliphatic rings. The van der Waals surface area contributed by atoms with E-state index in [1.54, 1.807) is 0 Å².